The Hall–Kier alpha value is -0.120. The third-order valence-corrected chi connectivity index (χ3v) is 2.92. The molecule has 2 fully saturated rings. The molecule has 0 radical (unpaired) electrons. The zero-order valence-electron chi connectivity index (χ0n) is 8.76. The molecule has 0 atom stereocenters. The molecule has 0 amide bonds. The fraction of sp³-hybridized carbons (Fsp3) is 1.00. The minimum absolute atomic E-state index is 0.997. The molecule has 0 aromatic rings. The van der Waals surface area contributed by atoms with Gasteiger partial charge in [-0.25, -0.2) is 0 Å². The number of nitrogens with two attached hydrogens (primary N) is 1. The average molecular weight is 185 g/mol. The molecule has 2 saturated heterocycles. The van der Waals surface area contributed by atoms with Crippen LogP contribution in [0.4, 0.5) is 0 Å². The minimum atomic E-state index is 0.997. The first kappa shape index (κ1) is 11.0. The lowest BCUT2D eigenvalue weighted by atomic mass is 9.96. The van der Waals surface area contributed by atoms with Gasteiger partial charge in [-0.05, 0) is 58.4 Å². The van der Waals surface area contributed by atoms with Gasteiger partial charge in [0, 0.05) is 6.54 Å². The molecule has 0 aromatic heterocycles. The Morgan fingerprint density at radius 1 is 1.23 bits per heavy atom. The summed E-state index contributed by atoms with van der Waals surface area (Å²) in [5.41, 5.74) is 4.50. The summed E-state index contributed by atoms with van der Waals surface area (Å²) in [5.74, 6) is 0.997. The molecular weight excluding hydrogens is 162 g/mol. The van der Waals surface area contributed by atoms with Gasteiger partial charge in [-0.3, -0.25) is 0 Å². The molecule has 3 heteroatoms. The molecule has 0 bridgehead atoms. The highest BCUT2D eigenvalue weighted by Gasteiger charge is 2.20. The normalized spacial score (nSPS) is 24.5. The number of nitrogens with one attached hydrogen (secondary N) is 1. The van der Waals surface area contributed by atoms with Crippen molar-refractivity contribution >= 4 is 0 Å². The fourth-order valence-electron chi connectivity index (χ4n) is 1.99. The predicted octanol–water partition coefficient (Wildman–Crippen LogP) is 0.267. The van der Waals surface area contributed by atoms with Gasteiger partial charge in [-0.1, -0.05) is 0 Å². The van der Waals surface area contributed by atoms with Crippen LogP contribution in [0.5, 0.6) is 0 Å². The number of hydrogen-bond acceptors (Lipinski definition) is 3. The fourth-order valence-corrected chi connectivity index (χ4v) is 1.99. The first-order valence-corrected chi connectivity index (χ1v) is 5.46. The molecule has 0 aliphatic carbocycles. The van der Waals surface area contributed by atoms with Gasteiger partial charge in [0.1, 0.15) is 0 Å². The van der Waals surface area contributed by atoms with Crippen LogP contribution in [0.2, 0.25) is 0 Å². The van der Waals surface area contributed by atoms with E-state index in [0.717, 1.165) is 5.92 Å². The van der Waals surface area contributed by atoms with Crippen LogP contribution in [-0.2, 0) is 0 Å². The van der Waals surface area contributed by atoms with E-state index in [4.69, 9.17) is 0 Å². The summed E-state index contributed by atoms with van der Waals surface area (Å²) in [7, 11) is 1.50. The number of rotatable bonds is 2. The Kier molecular flexibility index (Phi) is 5.35. The van der Waals surface area contributed by atoms with Crippen molar-refractivity contribution in [2.24, 2.45) is 11.7 Å². The summed E-state index contributed by atoms with van der Waals surface area (Å²) in [4.78, 5) is 2.59. The van der Waals surface area contributed by atoms with Gasteiger partial charge in [0.25, 0.3) is 0 Å². The van der Waals surface area contributed by atoms with Gasteiger partial charge in [0.05, 0.1) is 0 Å². The van der Waals surface area contributed by atoms with Crippen molar-refractivity contribution < 1.29 is 0 Å². The van der Waals surface area contributed by atoms with Crippen molar-refractivity contribution in [3.63, 3.8) is 0 Å². The third-order valence-electron chi connectivity index (χ3n) is 2.92. The monoisotopic (exact) mass is 185 g/mol. The van der Waals surface area contributed by atoms with E-state index in [2.05, 4.69) is 16.0 Å². The standard InChI is InChI=1S/C9H18N2.CH5N/c1-6-11(7-1)8-9-2-4-10-5-3-9;1-2/h9-10H,1-8H2;2H2,1H3. The molecule has 13 heavy (non-hydrogen) atoms. The Morgan fingerprint density at radius 3 is 2.31 bits per heavy atom. The molecular formula is C10H23N3. The highest BCUT2D eigenvalue weighted by atomic mass is 15.2. The SMILES string of the molecule is C1CN(CC2CCNCC2)C1.CN. The van der Waals surface area contributed by atoms with Crippen molar-refractivity contribution in [1.82, 2.24) is 10.2 Å². The lowest BCUT2D eigenvalue weighted by Gasteiger charge is -2.35. The van der Waals surface area contributed by atoms with Crippen LogP contribution in [0.3, 0.4) is 0 Å². The molecule has 3 N–H and O–H groups in total. The van der Waals surface area contributed by atoms with E-state index in [-0.39, 0.29) is 0 Å². The van der Waals surface area contributed by atoms with Gasteiger partial charge in [0.2, 0.25) is 0 Å². The molecule has 2 aliphatic rings. The first-order valence-electron chi connectivity index (χ1n) is 5.46. The lowest BCUT2D eigenvalue weighted by Crippen LogP contribution is -2.42. The maximum atomic E-state index is 4.50. The van der Waals surface area contributed by atoms with E-state index < -0.39 is 0 Å². The van der Waals surface area contributed by atoms with Crippen molar-refractivity contribution in [2.75, 3.05) is 39.8 Å². The average Bonchev–Trinajstić information content (AvgIpc) is 2.17. The summed E-state index contributed by atoms with van der Waals surface area (Å²) in [6.45, 7) is 6.60. The smallest absolute Gasteiger partial charge is 0.00106 e. The first-order chi connectivity index (χ1) is 6.45. The second-order valence-electron chi connectivity index (χ2n) is 3.85. The molecule has 0 spiro atoms. The molecule has 3 nitrogen and oxygen atoms in total. The molecule has 0 aromatic carbocycles. The van der Waals surface area contributed by atoms with Gasteiger partial charge >= 0.3 is 0 Å². The zero-order valence-corrected chi connectivity index (χ0v) is 8.76. The molecule has 2 rings (SSSR count). The predicted molar refractivity (Wildman–Crippen MR) is 56.8 cm³/mol. The summed E-state index contributed by atoms with van der Waals surface area (Å²) < 4.78 is 0. The van der Waals surface area contributed by atoms with E-state index in [9.17, 15) is 0 Å². The Bertz CT molecular complexity index is 117. The Labute approximate surface area is 81.7 Å². The summed E-state index contributed by atoms with van der Waals surface area (Å²) in [6.07, 6.45) is 4.23. The van der Waals surface area contributed by atoms with Crippen molar-refractivity contribution in [2.45, 2.75) is 19.3 Å². The number of likely N-dealkylation sites (tertiary alicyclic amines) is 1. The van der Waals surface area contributed by atoms with Crippen molar-refractivity contribution in [3.05, 3.63) is 0 Å². The molecule has 2 aliphatic heterocycles. The van der Waals surface area contributed by atoms with Gasteiger partial charge in [-0.2, -0.15) is 0 Å². The minimum Gasteiger partial charge on any atom is -0.333 e. The van der Waals surface area contributed by atoms with Crippen molar-refractivity contribution in [3.8, 4) is 0 Å². The molecule has 0 saturated carbocycles. The third kappa shape index (κ3) is 3.63. The van der Waals surface area contributed by atoms with E-state index in [1.165, 1.54) is 59.0 Å². The van der Waals surface area contributed by atoms with E-state index in [1.54, 1.807) is 0 Å². The Morgan fingerprint density at radius 2 is 1.85 bits per heavy atom. The van der Waals surface area contributed by atoms with Crippen LogP contribution in [0.1, 0.15) is 19.3 Å². The van der Waals surface area contributed by atoms with E-state index in [0.29, 0.717) is 0 Å². The van der Waals surface area contributed by atoms with Crippen LogP contribution in [-0.4, -0.2) is 44.7 Å². The number of piperidine rings is 1. The van der Waals surface area contributed by atoms with E-state index >= 15 is 0 Å². The van der Waals surface area contributed by atoms with Gasteiger partial charge in [-0.15, -0.1) is 0 Å². The largest absolute Gasteiger partial charge is 0.333 e. The van der Waals surface area contributed by atoms with E-state index in [1.807, 2.05) is 0 Å². The highest BCUT2D eigenvalue weighted by molar-refractivity contribution is 4.76. The van der Waals surface area contributed by atoms with Gasteiger partial charge < -0.3 is 16.0 Å². The van der Waals surface area contributed by atoms with Crippen LogP contribution in [0, 0.1) is 5.92 Å². The summed E-state index contributed by atoms with van der Waals surface area (Å²) in [6, 6.07) is 0. The highest BCUT2D eigenvalue weighted by Crippen LogP contribution is 2.16. The molecule has 78 valence electrons. The van der Waals surface area contributed by atoms with Gasteiger partial charge in [0.15, 0.2) is 0 Å². The van der Waals surface area contributed by atoms with Crippen LogP contribution >= 0.6 is 0 Å². The summed E-state index contributed by atoms with van der Waals surface area (Å²) >= 11 is 0. The number of hydrogen-bond donors (Lipinski definition) is 2. The number of nitrogens with zero attached hydrogens (tertiary/aromatic N) is 1. The molecule has 2 heterocycles. The second kappa shape index (κ2) is 6.35. The maximum Gasteiger partial charge on any atom is 0.00106 e. The lowest BCUT2D eigenvalue weighted by molar-refractivity contribution is 0.139. The summed E-state index contributed by atoms with van der Waals surface area (Å²) in [5, 5.41) is 3.41. The van der Waals surface area contributed by atoms with Crippen LogP contribution < -0.4 is 11.1 Å². The van der Waals surface area contributed by atoms with Crippen LogP contribution in [0.15, 0.2) is 0 Å². The zero-order chi connectivity index (χ0) is 9.52. The second-order valence-corrected chi connectivity index (χ2v) is 3.85. The molecule has 0 unspecified atom stereocenters. The topological polar surface area (TPSA) is 41.3 Å². The quantitative estimate of drug-likeness (QED) is 0.649. The Balaban J connectivity index is 0.000000396. The van der Waals surface area contributed by atoms with Crippen molar-refractivity contribution in [1.29, 1.82) is 0 Å². The maximum absolute atomic E-state index is 4.50. The van der Waals surface area contributed by atoms with Crippen LogP contribution in [0.25, 0.3) is 0 Å².